The zero-order valence-electron chi connectivity index (χ0n) is 19.6. The summed E-state index contributed by atoms with van der Waals surface area (Å²) in [4.78, 5) is 24.7. The predicted octanol–water partition coefficient (Wildman–Crippen LogP) is 3.01. The normalized spacial score (nSPS) is 15.4. The molecule has 1 aliphatic rings. The molecule has 33 heavy (non-hydrogen) atoms. The third kappa shape index (κ3) is 5.37. The van der Waals surface area contributed by atoms with Gasteiger partial charge in [0.25, 0.3) is 5.91 Å². The highest BCUT2D eigenvalue weighted by Gasteiger charge is 2.30. The molecular formula is C23H30ClN5O3S. The minimum absolute atomic E-state index is 0.155. The van der Waals surface area contributed by atoms with Crippen molar-refractivity contribution < 1.29 is 13.2 Å². The van der Waals surface area contributed by atoms with Crippen molar-refractivity contribution in [1.82, 2.24) is 14.2 Å². The molecule has 0 atom stereocenters. The van der Waals surface area contributed by atoms with Crippen molar-refractivity contribution in [2.75, 3.05) is 52.2 Å². The molecule has 178 valence electrons. The molecule has 1 fully saturated rings. The van der Waals surface area contributed by atoms with Gasteiger partial charge in [0.15, 0.2) is 0 Å². The third-order valence-electron chi connectivity index (χ3n) is 5.60. The number of hydrogen-bond acceptors (Lipinski definition) is 6. The lowest BCUT2D eigenvalue weighted by Gasteiger charge is -2.36. The minimum Gasteiger partial charge on any atom is -0.353 e. The van der Waals surface area contributed by atoms with E-state index in [1.807, 2.05) is 12.1 Å². The maximum Gasteiger partial charge on any atom is 0.254 e. The van der Waals surface area contributed by atoms with Crippen molar-refractivity contribution >= 4 is 39.6 Å². The second-order valence-electron chi connectivity index (χ2n) is 8.40. The lowest BCUT2D eigenvalue weighted by molar-refractivity contribution is 0.0828. The molecule has 1 aliphatic heterocycles. The third-order valence-corrected chi connectivity index (χ3v) is 8.19. The van der Waals surface area contributed by atoms with Gasteiger partial charge < -0.3 is 9.80 Å². The largest absolute Gasteiger partial charge is 0.353 e. The fourth-order valence-electron chi connectivity index (χ4n) is 3.69. The lowest BCUT2D eigenvalue weighted by Crippen LogP contribution is -2.50. The smallest absolute Gasteiger partial charge is 0.254 e. The molecule has 1 aromatic heterocycles. The molecule has 2 heterocycles. The van der Waals surface area contributed by atoms with Gasteiger partial charge in [-0.25, -0.2) is 13.4 Å². The average molecular weight is 492 g/mol. The zero-order valence-corrected chi connectivity index (χ0v) is 21.2. The van der Waals surface area contributed by atoms with Crippen LogP contribution in [0.2, 0.25) is 5.02 Å². The number of piperazine rings is 1. The number of nitrogens with zero attached hydrogens (tertiary/aromatic N) is 5. The summed E-state index contributed by atoms with van der Waals surface area (Å²) < 4.78 is 26.5. The van der Waals surface area contributed by atoms with E-state index in [9.17, 15) is 13.2 Å². The number of anilines is 1. The Morgan fingerprint density at radius 2 is 1.82 bits per heavy atom. The first-order chi connectivity index (χ1) is 15.6. The van der Waals surface area contributed by atoms with Gasteiger partial charge >= 0.3 is 0 Å². The monoisotopic (exact) mass is 491 g/mol. The van der Waals surface area contributed by atoms with Crippen LogP contribution in [-0.4, -0.2) is 87.3 Å². The summed E-state index contributed by atoms with van der Waals surface area (Å²) in [6, 6.07) is 7.31. The van der Waals surface area contributed by atoms with Gasteiger partial charge in [-0.05, 0) is 37.6 Å². The number of rotatable bonds is 6. The number of carbonyl (C=O) groups is 1. The number of sulfonamides is 1. The summed E-state index contributed by atoms with van der Waals surface area (Å²) in [5.41, 5.74) is 2.97. The molecule has 0 aliphatic carbocycles. The number of halogens is 1. The number of aromatic nitrogens is 1. The molecule has 3 rings (SSSR count). The lowest BCUT2D eigenvalue weighted by atomic mass is 10.0. The van der Waals surface area contributed by atoms with Crippen molar-refractivity contribution in [3.63, 3.8) is 0 Å². The average Bonchev–Trinajstić information content (AvgIpc) is 2.78. The van der Waals surface area contributed by atoms with Gasteiger partial charge in [-0.1, -0.05) is 17.7 Å². The van der Waals surface area contributed by atoms with Crippen LogP contribution in [0, 0.1) is 0 Å². The van der Waals surface area contributed by atoms with Crippen molar-refractivity contribution in [2.45, 2.75) is 19.1 Å². The summed E-state index contributed by atoms with van der Waals surface area (Å²) in [6.07, 6.45) is 3.51. The molecule has 2 aromatic rings. The Kier molecular flexibility index (Phi) is 7.76. The van der Waals surface area contributed by atoms with Crippen LogP contribution in [0.3, 0.4) is 0 Å². The fraction of sp³-hybridized carbons (Fsp3) is 0.435. The Morgan fingerprint density at radius 1 is 1.15 bits per heavy atom. The van der Waals surface area contributed by atoms with Crippen molar-refractivity contribution in [2.24, 2.45) is 4.99 Å². The molecule has 0 bridgehead atoms. The van der Waals surface area contributed by atoms with Crippen LogP contribution in [0.5, 0.6) is 0 Å². The Labute approximate surface area is 200 Å². The van der Waals surface area contributed by atoms with E-state index < -0.39 is 15.3 Å². The number of carbonyl (C=O) groups excluding carboxylic acids is 1. The molecule has 1 amide bonds. The summed E-state index contributed by atoms with van der Waals surface area (Å²) in [5.74, 6) is 0.605. The van der Waals surface area contributed by atoms with Gasteiger partial charge in [0.2, 0.25) is 10.0 Å². The molecule has 0 radical (unpaired) electrons. The van der Waals surface area contributed by atoms with Crippen LogP contribution in [-0.2, 0) is 10.0 Å². The summed E-state index contributed by atoms with van der Waals surface area (Å²) >= 11 is 6.39. The molecular weight excluding hydrogens is 462 g/mol. The molecule has 10 heteroatoms. The van der Waals surface area contributed by atoms with Gasteiger partial charge in [0.05, 0.1) is 15.8 Å². The second kappa shape index (κ2) is 10.2. The Morgan fingerprint density at radius 3 is 2.36 bits per heavy atom. The van der Waals surface area contributed by atoms with Gasteiger partial charge in [-0.2, -0.15) is 4.31 Å². The summed E-state index contributed by atoms with van der Waals surface area (Å²) in [7, 11) is 1.80. The standard InChI is InChI=1S/C23H30ClN5O3S/c1-16(2)33(31,32)29-10-8-28(9-11-29)22-19(14-25-3)12-18(15-26-22)17-6-7-20(21(24)13-17)23(30)27(4)5/h6-7,12-16H,8-11H2,1-5H3. The van der Waals surface area contributed by atoms with E-state index in [1.165, 1.54) is 4.90 Å². The molecule has 0 N–H and O–H groups in total. The maximum absolute atomic E-state index is 12.5. The van der Waals surface area contributed by atoms with Gasteiger partial charge in [-0.15, -0.1) is 0 Å². The molecule has 0 unspecified atom stereocenters. The predicted molar refractivity (Wildman–Crippen MR) is 134 cm³/mol. The maximum atomic E-state index is 12.5. The topological polar surface area (TPSA) is 86.2 Å². The molecule has 0 saturated carbocycles. The first-order valence-electron chi connectivity index (χ1n) is 10.7. The van der Waals surface area contributed by atoms with Gasteiger partial charge in [-0.3, -0.25) is 9.79 Å². The number of benzene rings is 1. The zero-order chi connectivity index (χ0) is 24.3. The van der Waals surface area contributed by atoms with E-state index >= 15 is 0 Å². The minimum atomic E-state index is -3.27. The highest BCUT2D eigenvalue weighted by Crippen LogP contribution is 2.29. The van der Waals surface area contributed by atoms with Crippen LogP contribution >= 0.6 is 11.6 Å². The number of pyridine rings is 1. The highest BCUT2D eigenvalue weighted by molar-refractivity contribution is 7.89. The van der Waals surface area contributed by atoms with Crippen molar-refractivity contribution in [1.29, 1.82) is 0 Å². The van der Waals surface area contributed by atoms with E-state index in [1.54, 1.807) is 63.8 Å². The molecule has 1 aromatic carbocycles. The molecule has 1 saturated heterocycles. The van der Waals surface area contributed by atoms with Crippen LogP contribution in [0.4, 0.5) is 5.82 Å². The first kappa shape index (κ1) is 25.1. The van der Waals surface area contributed by atoms with Crippen LogP contribution in [0.25, 0.3) is 11.1 Å². The Balaban J connectivity index is 1.87. The quantitative estimate of drug-likeness (QED) is 0.580. The van der Waals surface area contributed by atoms with E-state index in [4.69, 9.17) is 11.6 Å². The van der Waals surface area contributed by atoms with E-state index in [0.29, 0.717) is 36.8 Å². The number of amides is 1. The SMILES string of the molecule is CN=Cc1cc(-c2ccc(C(=O)N(C)C)c(Cl)c2)cnc1N1CCN(S(=O)(=O)C(C)C)CC1. The van der Waals surface area contributed by atoms with E-state index in [0.717, 1.165) is 22.5 Å². The molecule has 0 spiro atoms. The number of hydrogen-bond donors (Lipinski definition) is 0. The molecule has 8 nitrogen and oxygen atoms in total. The van der Waals surface area contributed by atoms with E-state index in [-0.39, 0.29) is 5.91 Å². The van der Waals surface area contributed by atoms with Gasteiger partial charge in [0.1, 0.15) is 5.82 Å². The summed E-state index contributed by atoms with van der Waals surface area (Å²) in [6.45, 7) is 5.35. The van der Waals surface area contributed by atoms with Crippen LogP contribution < -0.4 is 4.90 Å². The van der Waals surface area contributed by atoms with Gasteiger partial charge in [0, 0.05) is 70.9 Å². The summed E-state index contributed by atoms with van der Waals surface area (Å²) in [5, 5.41) is -0.0565. The Hall–Kier alpha value is -2.49. The van der Waals surface area contributed by atoms with Crippen LogP contribution in [0.1, 0.15) is 29.8 Å². The first-order valence-corrected chi connectivity index (χ1v) is 12.6. The van der Waals surface area contributed by atoms with Crippen LogP contribution in [0.15, 0.2) is 35.5 Å². The number of aliphatic imine (C=N–C) groups is 1. The Bertz CT molecular complexity index is 1160. The van der Waals surface area contributed by atoms with E-state index in [2.05, 4.69) is 14.9 Å². The fourth-order valence-corrected chi connectivity index (χ4v) is 5.22. The highest BCUT2D eigenvalue weighted by atomic mass is 35.5. The second-order valence-corrected chi connectivity index (χ2v) is 11.3. The van der Waals surface area contributed by atoms with Crippen molar-refractivity contribution in [3.8, 4) is 11.1 Å². The van der Waals surface area contributed by atoms with Crippen molar-refractivity contribution in [3.05, 3.63) is 46.6 Å².